The van der Waals surface area contributed by atoms with Crippen LogP contribution in [0.2, 0.25) is 0 Å². The third-order valence-corrected chi connectivity index (χ3v) is 4.73. The molecule has 0 spiro atoms. The lowest BCUT2D eigenvalue weighted by Crippen LogP contribution is -2.14. The summed E-state index contributed by atoms with van der Waals surface area (Å²) in [6.45, 7) is 1.44. The van der Waals surface area contributed by atoms with E-state index < -0.39 is 0 Å². The number of imidazole rings is 1. The van der Waals surface area contributed by atoms with Crippen molar-refractivity contribution in [1.29, 1.82) is 0 Å². The van der Waals surface area contributed by atoms with Gasteiger partial charge in [-0.3, -0.25) is 0 Å². The molecule has 0 N–H and O–H groups in total. The number of nitrogens with zero attached hydrogens (tertiary/aromatic N) is 2. The maximum atomic E-state index is 5.36. The topological polar surface area (TPSA) is 27.1 Å². The summed E-state index contributed by atoms with van der Waals surface area (Å²) in [5.41, 5.74) is 4.66. The molecule has 0 atom stereocenters. The van der Waals surface area contributed by atoms with E-state index in [-0.39, 0.29) is 5.92 Å². The predicted octanol–water partition coefficient (Wildman–Crippen LogP) is 4.86. The van der Waals surface area contributed by atoms with E-state index in [1.807, 2.05) is 6.07 Å². The minimum atomic E-state index is 0.0849. The van der Waals surface area contributed by atoms with E-state index in [4.69, 9.17) is 9.72 Å². The second kappa shape index (κ2) is 7.54. The first kappa shape index (κ1) is 16.6. The minimum absolute atomic E-state index is 0.0849. The summed E-state index contributed by atoms with van der Waals surface area (Å²) in [6, 6.07) is 29.5. The SMILES string of the molecule is COCCn1c(C(c2ccccc2)c2ccccc2)nc2ccccc21. The van der Waals surface area contributed by atoms with Crippen molar-refractivity contribution in [2.45, 2.75) is 12.5 Å². The molecule has 4 aromatic rings. The Morgan fingerprint density at radius 2 is 1.38 bits per heavy atom. The summed E-state index contributed by atoms with van der Waals surface area (Å²) >= 11 is 0. The Labute approximate surface area is 153 Å². The second-order valence-electron chi connectivity index (χ2n) is 6.36. The number of ether oxygens (including phenoxy) is 1. The molecule has 0 aliphatic rings. The zero-order valence-corrected chi connectivity index (χ0v) is 14.9. The van der Waals surface area contributed by atoms with Gasteiger partial charge >= 0.3 is 0 Å². The number of aromatic nitrogens is 2. The zero-order chi connectivity index (χ0) is 17.8. The van der Waals surface area contributed by atoms with Gasteiger partial charge in [0.15, 0.2) is 0 Å². The van der Waals surface area contributed by atoms with Gasteiger partial charge in [-0.25, -0.2) is 4.98 Å². The molecular formula is C23H22N2O. The van der Waals surface area contributed by atoms with Gasteiger partial charge in [0.2, 0.25) is 0 Å². The van der Waals surface area contributed by atoms with Gasteiger partial charge < -0.3 is 9.30 Å². The van der Waals surface area contributed by atoms with Crippen LogP contribution in [0, 0.1) is 0 Å². The number of methoxy groups -OCH3 is 1. The highest BCUT2D eigenvalue weighted by atomic mass is 16.5. The van der Waals surface area contributed by atoms with Crippen LogP contribution in [0.15, 0.2) is 84.9 Å². The molecule has 4 rings (SSSR count). The molecule has 0 saturated heterocycles. The fourth-order valence-corrected chi connectivity index (χ4v) is 3.51. The van der Waals surface area contributed by atoms with Crippen LogP contribution >= 0.6 is 0 Å². The zero-order valence-electron chi connectivity index (χ0n) is 14.9. The number of para-hydroxylation sites is 2. The Kier molecular flexibility index (Phi) is 4.80. The lowest BCUT2D eigenvalue weighted by Gasteiger charge is -2.20. The average Bonchev–Trinajstić information content (AvgIpc) is 3.06. The molecule has 130 valence electrons. The Hall–Kier alpha value is -2.91. The van der Waals surface area contributed by atoms with E-state index in [0.29, 0.717) is 6.61 Å². The molecule has 1 heterocycles. The van der Waals surface area contributed by atoms with Gasteiger partial charge in [0.05, 0.1) is 23.6 Å². The van der Waals surface area contributed by atoms with Crippen LogP contribution in [0.4, 0.5) is 0 Å². The molecule has 0 bridgehead atoms. The van der Waals surface area contributed by atoms with Crippen molar-refractivity contribution in [2.75, 3.05) is 13.7 Å². The molecule has 0 unspecified atom stereocenters. The van der Waals surface area contributed by atoms with Gasteiger partial charge in [-0.05, 0) is 23.3 Å². The smallest absolute Gasteiger partial charge is 0.121 e. The molecule has 0 aliphatic heterocycles. The van der Waals surface area contributed by atoms with Crippen LogP contribution in [0.25, 0.3) is 11.0 Å². The molecule has 3 heteroatoms. The first-order chi connectivity index (χ1) is 12.9. The van der Waals surface area contributed by atoms with E-state index in [2.05, 4.69) is 83.4 Å². The third-order valence-electron chi connectivity index (χ3n) is 4.73. The Morgan fingerprint density at radius 3 is 2.00 bits per heavy atom. The largest absolute Gasteiger partial charge is 0.383 e. The summed E-state index contributed by atoms with van der Waals surface area (Å²) in [6.07, 6.45) is 0. The number of benzene rings is 3. The quantitative estimate of drug-likeness (QED) is 0.500. The predicted molar refractivity (Wildman–Crippen MR) is 105 cm³/mol. The Bertz CT molecular complexity index is 937. The van der Waals surface area contributed by atoms with E-state index in [9.17, 15) is 0 Å². The van der Waals surface area contributed by atoms with E-state index in [0.717, 1.165) is 23.4 Å². The van der Waals surface area contributed by atoms with Gasteiger partial charge in [0.1, 0.15) is 5.82 Å². The standard InChI is InChI=1S/C23H22N2O/c1-26-17-16-25-21-15-9-8-14-20(21)24-23(25)22(18-10-4-2-5-11-18)19-12-6-3-7-13-19/h2-15,22H,16-17H2,1H3. The van der Waals surface area contributed by atoms with Crippen LogP contribution in [-0.2, 0) is 11.3 Å². The molecule has 0 saturated carbocycles. The van der Waals surface area contributed by atoms with Crippen molar-refractivity contribution in [2.24, 2.45) is 0 Å². The summed E-state index contributed by atoms with van der Waals surface area (Å²) in [5.74, 6) is 1.14. The average molecular weight is 342 g/mol. The lowest BCUT2D eigenvalue weighted by atomic mass is 9.90. The van der Waals surface area contributed by atoms with Crippen LogP contribution in [-0.4, -0.2) is 23.3 Å². The van der Waals surface area contributed by atoms with Gasteiger partial charge in [0.25, 0.3) is 0 Å². The normalized spacial score (nSPS) is 11.3. The molecule has 0 aliphatic carbocycles. The summed E-state index contributed by atoms with van der Waals surface area (Å²) in [7, 11) is 1.74. The van der Waals surface area contributed by atoms with Crippen molar-refractivity contribution in [3.63, 3.8) is 0 Å². The summed E-state index contributed by atoms with van der Waals surface area (Å²) in [5, 5.41) is 0. The highest BCUT2D eigenvalue weighted by Crippen LogP contribution is 2.33. The number of hydrogen-bond acceptors (Lipinski definition) is 2. The molecule has 1 aromatic heterocycles. The molecule has 0 amide bonds. The van der Waals surface area contributed by atoms with Crippen LogP contribution in [0.5, 0.6) is 0 Å². The molecular weight excluding hydrogens is 320 g/mol. The van der Waals surface area contributed by atoms with Gasteiger partial charge in [-0.15, -0.1) is 0 Å². The fraction of sp³-hybridized carbons (Fsp3) is 0.174. The summed E-state index contributed by atoms with van der Waals surface area (Å²) < 4.78 is 7.66. The van der Waals surface area contributed by atoms with Crippen molar-refractivity contribution in [3.05, 3.63) is 102 Å². The van der Waals surface area contributed by atoms with E-state index in [1.54, 1.807) is 7.11 Å². The first-order valence-electron chi connectivity index (χ1n) is 8.92. The van der Waals surface area contributed by atoms with Crippen molar-refractivity contribution >= 4 is 11.0 Å². The fourth-order valence-electron chi connectivity index (χ4n) is 3.51. The monoisotopic (exact) mass is 342 g/mol. The first-order valence-corrected chi connectivity index (χ1v) is 8.92. The molecule has 3 nitrogen and oxygen atoms in total. The molecule has 3 aromatic carbocycles. The lowest BCUT2D eigenvalue weighted by molar-refractivity contribution is 0.187. The van der Waals surface area contributed by atoms with Crippen molar-refractivity contribution in [3.8, 4) is 0 Å². The van der Waals surface area contributed by atoms with E-state index >= 15 is 0 Å². The number of hydrogen-bond donors (Lipinski definition) is 0. The van der Waals surface area contributed by atoms with Crippen molar-refractivity contribution in [1.82, 2.24) is 9.55 Å². The summed E-state index contributed by atoms with van der Waals surface area (Å²) in [4.78, 5) is 5.03. The number of fused-ring (bicyclic) bond motifs is 1. The highest BCUT2D eigenvalue weighted by molar-refractivity contribution is 5.76. The third kappa shape index (κ3) is 3.14. The van der Waals surface area contributed by atoms with E-state index in [1.165, 1.54) is 11.1 Å². The van der Waals surface area contributed by atoms with Gasteiger partial charge in [-0.2, -0.15) is 0 Å². The second-order valence-corrected chi connectivity index (χ2v) is 6.36. The highest BCUT2D eigenvalue weighted by Gasteiger charge is 2.23. The van der Waals surface area contributed by atoms with Gasteiger partial charge in [-0.1, -0.05) is 72.8 Å². The molecule has 0 radical (unpaired) electrons. The number of rotatable bonds is 6. The maximum absolute atomic E-state index is 5.36. The van der Waals surface area contributed by atoms with Crippen LogP contribution in [0.1, 0.15) is 22.9 Å². The molecule has 0 fully saturated rings. The Morgan fingerprint density at radius 1 is 0.808 bits per heavy atom. The maximum Gasteiger partial charge on any atom is 0.121 e. The van der Waals surface area contributed by atoms with Crippen LogP contribution < -0.4 is 0 Å². The molecule has 26 heavy (non-hydrogen) atoms. The van der Waals surface area contributed by atoms with Crippen LogP contribution in [0.3, 0.4) is 0 Å². The van der Waals surface area contributed by atoms with Crippen molar-refractivity contribution < 1.29 is 4.74 Å². The van der Waals surface area contributed by atoms with Gasteiger partial charge in [0, 0.05) is 13.7 Å². The Balaban J connectivity index is 1.93. The minimum Gasteiger partial charge on any atom is -0.383 e.